The number of benzene rings is 1. The fraction of sp³-hybridized carbons (Fsp3) is 0.167. The summed E-state index contributed by atoms with van der Waals surface area (Å²) in [5.41, 5.74) is 1.20. The topological polar surface area (TPSA) is 91.9 Å². The molecule has 0 aliphatic carbocycles. The van der Waals surface area contributed by atoms with Crippen LogP contribution in [-0.4, -0.2) is 30.8 Å². The molecule has 0 unspecified atom stereocenters. The Morgan fingerprint density at radius 1 is 1.26 bits per heavy atom. The van der Waals surface area contributed by atoms with Gasteiger partial charge in [0.2, 0.25) is 0 Å². The summed E-state index contributed by atoms with van der Waals surface area (Å²) in [6.45, 7) is 1.82. The van der Waals surface area contributed by atoms with Gasteiger partial charge in [-0.25, -0.2) is 8.42 Å². The molecule has 2 N–H and O–H groups in total. The zero-order chi connectivity index (χ0) is 14.0. The Bertz CT molecular complexity index is 702. The van der Waals surface area contributed by atoms with Gasteiger partial charge in [0.15, 0.2) is 15.7 Å². The van der Waals surface area contributed by atoms with Crippen LogP contribution in [0, 0.1) is 6.92 Å². The molecule has 0 radical (unpaired) electrons. The Morgan fingerprint density at radius 2 is 1.89 bits per heavy atom. The highest BCUT2D eigenvalue weighted by molar-refractivity contribution is 7.90. The summed E-state index contributed by atoms with van der Waals surface area (Å²) in [6, 6.07) is 7.43. The minimum absolute atomic E-state index is 0.180. The average molecular weight is 279 g/mol. The van der Waals surface area contributed by atoms with Gasteiger partial charge in [0.25, 0.3) is 5.91 Å². The van der Waals surface area contributed by atoms with Gasteiger partial charge in [0.05, 0.1) is 4.90 Å². The zero-order valence-electron chi connectivity index (χ0n) is 10.5. The average Bonchev–Trinajstić information content (AvgIpc) is 2.74. The van der Waals surface area contributed by atoms with Crippen LogP contribution in [0.25, 0.3) is 0 Å². The van der Waals surface area contributed by atoms with E-state index in [0.717, 1.165) is 11.9 Å². The fourth-order valence-corrected chi connectivity index (χ4v) is 2.15. The molecule has 0 spiro atoms. The molecule has 0 saturated carbocycles. The summed E-state index contributed by atoms with van der Waals surface area (Å²) in [5, 5.41) is 9.20. The largest absolute Gasteiger partial charge is 0.305 e. The molecule has 0 atom stereocenters. The molecule has 1 heterocycles. The molecular formula is C12H13N3O3S. The highest BCUT2D eigenvalue weighted by Crippen LogP contribution is 2.12. The molecule has 0 fully saturated rings. The molecule has 0 aliphatic rings. The molecule has 1 aromatic heterocycles. The third kappa shape index (κ3) is 3.19. The van der Waals surface area contributed by atoms with E-state index in [1.54, 1.807) is 6.07 Å². The first-order valence-corrected chi connectivity index (χ1v) is 7.39. The summed E-state index contributed by atoms with van der Waals surface area (Å²) in [7, 11) is -3.25. The highest BCUT2D eigenvalue weighted by atomic mass is 32.2. The number of nitrogens with zero attached hydrogens (tertiary/aromatic N) is 1. The van der Waals surface area contributed by atoms with Gasteiger partial charge < -0.3 is 5.32 Å². The Hall–Kier alpha value is -2.15. The van der Waals surface area contributed by atoms with Crippen molar-refractivity contribution in [2.75, 3.05) is 11.6 Å². The van der Waals surface area contributed by atoms with E-state index in [4.69, 9.17) is 0 Å². The standard InChI is InChI=1S/C12H13N3O3S/c1-8-7-11(15-14-8)13-12(16)9-3-5-10(6-4-9)19(2,17)18/h3-7H,1-2H3,(H2,13,14,15,16). The second-order valence-corrected chi connectivity index (χ2v) is 6.20. The molecule has 0 bridgehead atoms. The predicted molar refractivity (Wildman–Crippen MR) is 70.8 cm³/mol. The van der Waals surface area contributed by atoms with E-state index in [0.29, 0.717) is 11.4 Å². The number of hydrogen-bond acceptors (Lipinski definition) is 4. The van der Waals surface area contributed by atoms with Crippen molar-refractivity contribution in [1.29, 1.82) is 0 Å². The van der Waals surface area contributed by atoms with E-state index < -0.39 is 9.84 Å². The first-order valence-electron chi connectivity index (χ1n) is 5.50. The van der Waals surface area contributed by atoms with E-state index in [1.807, 2.05) is 6.92 Å². The maximum atomic E-state index is 11.9. The normalized spacial score (nSPS) is 11.3. The molecule has 19 heavy (non-hydrogen) atoms. The maximum Gasteiger partial charge on any atom is 0.256 e. The van der Waals surface area contributed by atoms with Crippen molar-refractivity contribution in [3.63, 3.8) is 0 Å². The molecule has 2 rings (SSSR count). The van der Waals surface area contributed by atoms with E-state index in [9.17, 15) is 13.2 Å². The Labute approximate surface area is 110 Å². The van der Waals surface area contributed by atoms with Gasteiger partial charge >= 0.3 is 0 Å². The summed E-state index contributed by atoms with van der Waals surface area (Å²) < 4.78 is 22.6. The molecule has 2 aromatic rings. The van der Waals surface area contributed by atoms with E-state index in [2.05, 4.69) is 15.5 Å². The van der Waals surface area contributed by atoms with Crippen LogP contribution in [0.1, 0.15) is 16.1 Å². The van der Waals surface area contributed by atoms with Crippen molar-refractivity contribution in [2.24, 2.45) is 0 Å². The molecule has 1 amide bonds. The number of carbonyl (C=O) groups excluding carboxylic acids is 1. The number of carbonyl (C=O) groups is 1. The monoisotopic (exact) mass is 279 g/mol. The van der Waals surface area contributed by atoms with E-state index in [1.165, 1.54) is 24.3 Å². The van der Waals surface area contributed by atoms with Crippen LogP contribution in [-0.2, 0) is 9.84 Å². The van der Waals surface area contributed by atoms with Crippen LogP contribution >= 0.6 is 0 Å². The van der Waals surface area contributed by atoms with Crippen molar-refractivity contribution in [2.45, 2.75) is 11.8 Å². The van der Waals surface area contributed by atoms with Crippen LogP contribution < -0.4 is 5.32 Å². The lowest BCUT2D eigenvalue weighted by Crippen LogP contribution is -2.12. The van der Waals surface area contributed by atoms with Gasteiger partial charge in [0.1, 0.15) is 0 Å². The van der Waals surface area contributed by atoms with Crippen LogP contribution in [0.4, 0.5) is 5.82 Å². The molecule has 1 aromatic carbocycles. The first-order chi connectivity index (χ1) is 8.86. The lowest BCUT2D eigenvalue weighted by Gasteiger charge is -2.03. The molecule has 0 aliphatic heterocycles. The van der Waals surface area contributed by atoms with Crippen molar-refractivity contribution in [3.05, 3.63) is 41.6 Å². The van der Waals surface area contributed by atoms with Crippen molar-refractivity contribution in [1.82, 2.24) is 10.2 Å². The van der Waals surface area contributed by atoms with Gasteiger partial charge in [-0.2, -0.15) is 5.10 Å². The second-order valence-electron chi connectivity index (χ2n) is 4.19. The maximum absolute atomic E-state index is 11.9. The number of H-pyrrole nitrogens is 1. The van der Waals surface area contributed by atoms with Crippen LogP contribution in [0.5, 0.6) is 0 Å². The van der Waals surface area contributed by atoms with Gasteiger partial charge in [0, 0.05) is 23.6 Å². The number of nitrogens with one attached hydrogen (secondary N) is 2. The summed E-state index contributed by atoms with van der Waals surface area (Å²) >= 11 is 0. The predicted octanol–water partition coefficient (Wildman–Crippen LogP) is 1.37. The minimum atomic E-state index is -3.25. The van der Waals surface area contributed by atoms with Gasteiger partial charge in [-0.05, 0) is 31.2 Å². The summed E-state index contributed by atoms with van der Waals surface area (Å²) in [6.07, 6.45) is 1.12. The number of hydrogen-bond donors (Lipinski definition) is 2. The zero-order valence-corrected chi connectivity index (χ0v) is 11.3. The van der Waals surface area contributed by atoms with Gasteiger partial charge in [-0.15, -0.1) is 0 Å². The summed E-state index contributed by atoms with van der Waals surface area (Å²) in [5.74, 6) is 0.0845. The quantitative estimate of drug-likeness (QED) is 0.887. The smallest absolute Gasteiger partial charge is 0.256 e. The highest BCUT2D eigenvalue weighted by Gasteiger charge is 2.10. The number of anilines is 1. The molecular weight excluding hydrogens is 266 g/mol. The number of aromatic amines is 1. The number of rotatable bonds is 3. The Kier molecular flexibility index (Phi) is 3.39. The lowest BCUT2D eigenvalue weighted by atomic mass is 10.2. The minimum Gasteiger partial charge on any atom is -0.305 e. The van der Waals surface area contributed by atoms with Crippen LogP contribution in [0.15, 0.2) is 35.2 Å². The summed E-state index contributed by atoms with van der Waals surface area (Å²) in [4.78, 5) is 12.1. The number of aromatic nitrogens is 2. The van der Waals surface area contributed by atoms with Crippen LogP contribution in [0.2, 0.25) is 0 Å². The Morgan fingerprint density at radius 3 is 2.37 bits per heavy atom. The lowest BCUT2D eigenvalue weighted by molar-refractivity contribution is 0.102. The van der Waals surface area contributed by atoms with Gasteiger partial charge in [-0.3, -0.25) is 9.89 Å². The molecule has 100 valence electrons. The number of sulfone groups is 1. The van der Waals surface area contributed by atoms with Crippen molar-refractivity contribution < 1.29 is 13.2 Å². The van der Waals surface area contributed by atoms with E-state index >= 15 is 0 Å². The third-order valence-electron chi connectivity index (χ3n) is 2.49. The first kappa shape index (κ1) is 13.3. The van der Waals surface area contributed by atoms with Gasteiger partial charge in [-0.1, -0.05) is 0 Å². The SMILES string of the molecule is Cc1cc(NC(=O)c2ccc(S(C)(=O)=O)cc2)n[nH]1. The number of aryl methyl sites for hydroxylation is 1. The van der Waals surface area contributed by atoms with Crippen molar-refractivity contribution in [3.8, 4) is 0 Å². The molecule has 6 nitrogen and oxygen atoms in total. The molecule has 0 saturated heterocycles. The second kappa shape index (κ2) is 4.85. The molecule has 7 heteroatoms. The number of amides is 1. The van der Waals surface area contributed by atoms with Crippen molar-refractivity contribution >= 4 is 21.6 Å². The fourth-order valence-electron chi connectivity index (χ4n) is 1.52. The van der Waals surface area contributed by atoms with Crippen LogP contribution in [0.3, 0.4) is 0 Å². The third-order valence-corrected chi connectivity index (χ3v) is 3.62. The van der Waals surface area contributed by atoms with E-state index in [-0.39, 0.29) is 10.8 Å². The Balaban J connectivity index is 2.16.